The summed E-state index contributed by atoms with van der Waals surface area (Å²) in [5.41, 5.74) is 1.72. The van der Waals surface area contributed by atoms with E-state index in [1.807, 2.05) is 13.8 Å². The zero-order valence-electron chi connectivity index (χ0n) is 19.0. The average Bonchev–Trinajstić information content (AvgIpc) is 2.84. The van der Waals surface area contributed by atoms with Crippen molar-refractivity contribution < 1.29 is 22.7 Å². The molecule has 3 aromatic rings. The Morgan fingerprint density at radius 2 is 1.32 bits per heavy atom. The van der Waals surface area contributed by atoms with Crippen molar-refractivity contribution in [2.45, 2.75) is 25.2 Å². The number of anilines is 2. The van der Waals surface area contributed by atoms with Crippen molar-refractivity contribution in [2.24, 2.45) is 0 Å². The maximum Gasteiger partial charge on any atom is 0.261 e. The molecular weight excluding hydrogens is 454 g/mol. The Bertz CT molecular complexity index is 1220. The van der Waals surface area contributed by atoms with Crippen LogP contribution in [0.15, 0.2) is 77.7 Å². The summed E-state index contributed by atoms with van der Waals surface area (Å²) >= 11 is 0. The summed E-state index contributed by atoms with van der Waals surface area (Å²) in [5.74, 6) is 0.0807. The summed E-state index contributed by atoms with van der Waals surface area (Å²) in [6.07, 6.45) is 0.845. The van der Waals surface area contributed by atoms with Crippen LogP contribution in [-0.2, 0) is 10.0 Å². The summed E-state index contributed by atoms with van der Waals surface area (Å²) in [5, 5.41) is 5.52. The molecule has 8 nitrogen and oxygen atoms in total. The molecular formula is C25H27N3O5S. The second-order valence-electron chi connectivity index (χ2n) is 7.37. The minimum Gasteiger partial charge on any atom is -0.494 e. The Labute approximate surface area is 199 Å². The fourth-order valence-corrected chi connectivity index (χ4v) is 4.09. The van der Waals surface area contributed by atoms with Crippen molar-refractivity contribution in [1.29, 1.82) is 0 Å². The van der Waals surface area contributed by atoms with Gasteiger partial charge < -0.3 is 15.4 Å². The van der Waals surface area contributed by atoms with E-state index >= 15 is 0 Å². The van der Waals surface area contributed by atoms with Gasteiger partial charge in [-0.05, 0) is 86.1 Å². The van der Waals surface area contributed by atoms with Crippen LogP contribution < -0.4 is 20.1 Å². The molecule has 0 spiro atoms. The molecule has 0 radical (unpaired) electrons. The number of carbonyl (C=O) groups excluding carboxylic acids is 2. The van der Waals surface area contributed by atoms with Crippen LogP contribution in [0.3, 0.4) is 0 Å². The van der Waals surface area contributed by atoms with Crippen LogP contribution >= 0.6 is 0 Å². The van der Waals surface area contributed by atoms with E-state index in [0.717, 1.165) is 6.42 Å². The van der Waals surface area contributed by atoms with E-state index in [9.17, 15) is 18.0 Å². The average molecular weight is 482 g/mol. The standard InChI is InChI=1S/C25H27N3O5S/c1-3-17-26-24(29)18-5-9-20(10-6-18)27-25(30)19-7-15-23(16-8-19)34(31,32)28-21-11-13-22(14-12-21)33-4-2/h5-16,28H,3-4,17H2,1-2H3,(H,26,29)(H,27,30). The van der Waals surface area contributed by atoms with Crippen molar-refractivity contribution in [2.75, 3.05) is 23.2 Å². The van der Waals surface area contributed by atoms with Gasteiger partial charge in [-0.15, -0.1) is 0 Å². The summed E-state index contributed by atoms with van der Waals surface area (Å²) in [6, 6.07) is 18.7. The van der Waals surface area contributed by atoms with Gasteiger partial charge in [0, 0.05) is 29.0 Å². The van der Waals surface area contributed by atoms with Gasteiger partial charge in [0.25, 0.3) is 21.8 Å². The van der Waals surface area contributed by atoms with Gasteiger partial charge in [0.15, 0.2) is 0 Å². The van der Waals surface area contributed by atoms with Crippen molar-refractivity contribution in [1.82, 2.24) is 5.32 Å². The molecule has 178 valence electrons. The van der Waals surface area contributed by atoms with E-state index in [1.165, 1.54) is 24.3 Å². The van der Waals surface area contributed by atoms with Crippen molar-refractivity contribution in [3.05, 3.63) is 83.9 Å². The molecule has 0 aliphatic heterocycles. The third-order valence-electron chi connectivity index (χ3n) is 4.78. The van der Waals surface area contributed by atoms with E-state index in [-0.39, 0.29) is 10.8 Å². The molecule has 34 heavy (non-hydrogen) atoms. The lowest BCUT2D eigenvalue weighted by Gasteiger charge is -2.10. The fourth-order valence-electron chi connectivity index (χ4n) is 3.03. The Morgan fingerprint density at radius 1 is 0.765 bits per heavy atom. The number of hydrogen-bond donors (Lipinski definition) is 3. The van der Waals surface area contributed by atoms with Crippen molar-refractivity contribution in [3.8, 4) is 5.75 Å². The number of ether oxygens (including phenoxy) is 1. The highest BCUT2D eigenvalue weighted by atomic mass is 32.2. The number of sulfonamides is 1. The number of carbonyl (C=O) groups is 2. The third kappa shape index (κ3) is 6.58. The SMILES string of the molecule is CCCNC(=O)c1ccc(NC(=O)c2ccc(S(=O)(=O)Nc3ccc(OCC)cc3)cc2)cc1. The fraction of sp³-hybridized carbons (Fsp3) is 0.200. The molecule has 0 saturated carbocycles. The Kier molecular flexibility index (Phi) is 8.26. The predicted octanol–water partition coefficient (Wildman–Crippen LogP) is 4.28. The summed E-state index contributed by atoms with van der Waals surface area (Å²) in [7, 11) is -3.82. The smallest absolute Gasteiger partial charge is 0.261 e. The Balaban J connectivity index is 1.62. The van der Waals surface area contributed by atoms with Gasteiger partial charge in [-0.3, -0.25) is 14.3 Å². The third-order valence-corrected chi connectivity index (χ3v) is 6.18. The minimum atomic E-state index is -3.82. The molecule has 0 aromatic heterocycles. The highest BCUT2D eigenvalue weighted by Gasteiger charge is 2.16. The minimum absolute atomic E-state index is 0.0281. The molecule has 9 heteroatoms. The highest BCUT2D eigenvalue weighted by Crippen LogP contribution is 2.20. The van der Waals surface area contributed by atoms with Crippen LogP contribution in [0.25, 0.3) is 0 Å². The van der Waals surface area contributed by atoms with Gasteiger partial charge in [0.1, 0.15) is 5.75 Å². The zero-order chi connectivity index (χ0) is 24.6. The van der Waals surface area contributed by atoms with Crippen LogP contribution in [0.4, 0.5) is 11.4 Å². The number of hydrogen-bond acceptors (Lipinski definition) is 5. The molecule has 0 bridgehead atoms. The molecule has 2 amide bonds. The topological polar surface area (TPSA) is 114 Å². The number of rotatable bonds is 10. The van der Waals surface area contributed by atoms with Gasteiger partial charge in [0.05, 0.1) is 11.5 Å². The lowest BCUT2D eigenvalue weighted by Crippen LogP contribution is -2.23. The van der Waals surface area contributed by atoms with Gasteiger partial charge in [-0.1, -0.05) is 6.92 Å². The van der Waals surface area contributed by atoms with Crippen molar-refractivity contribution >= 4 is 33.2 Å². The van der Waals surface area contributed by atoms with Crippen LogP contribution in [0, 0.1) is 0 Å². The Hall–Kier alpha value is -3.85. The van der Waals surface area contributed by atoms with E-state index in [4.69, 9.17) is 4.74 Å². The zero-order valence-corrected chi connectivity index (χ0v) is 19.8. The van der Waals surface area contributed by atoms with Crippen LogP contribution in [0.5, 0.6) is 5.75 Å². The monoisotopic (exact) mass is 481 g/mol. The van der Waals surface area contributed by atoms with Gasteiger partial charge in [-0.25, -0.2) is 8.42 Å². The highest BCUT2D eigenvalue weighted by molar-refractivity contribution is 7.92. The van der Waals surface area contributed by atoms with Gasteiger partial charge in [-0.2, -0.15) is 0 Å². The summed E-state index contributed by atoms with van der Waals surface area (Å²) in [6.45, 7) is 4.95. The lowest BCUT2D eigenvalue weighted by atomic mass is 10.1. The van der Waals surface area contributed by atoms with Gasteiger partial charge >= 0.3 is 0 Å². The molecule has 3 N–H and O–H groups in total. The summed E-state index contributed by atoms with van der Waals surface area (Å²) < 4.78 is 33.2. The number of benzene rings is 3. The Morgan fingerprint density at radius 3 is 1.91 bits per heavy atom. The van der Waals surface area contributed by atoms with E-state index in [2.05, 4.69) is 15.4 Å². The summed E-state index contributed by atoms with van der Waals surface area (Å²) in [4.78, 5) is 24.5. The maximum absolute atomic E-state index is 12.7. The van der Waals surface area contributed by atoms with Crippen LogP contribution in [-0.4, -0.2) is 33.4 Å². The molecule has 3 rings (SSSR count). The molecule has 0 unspecified atom stereocenters. The van der Waals surface area contributed by atoms with Crippen LogP contribution in [0.2, 0.25) is 0 Å². The first-order chi connectivity index (χ1) is 16.3. The number of nitrogens with one attached hydrogen (secondary N) is 3. The first kappa shape index (κ1) is 24.8. The van der Waals surface area contributed by atoms with Gasteiger partial charge in [0.2, 0.25) is 0 Å². The van der Waals surface area contributed by atoms with E-state index in [1.54, 1.807) is 48.5 Å². The first-order valence-electron chi connectivity index (χ1n) is 10.9. The van der Waals surface area contributed by atoms with Crippen molar-refractivity contribution in [3.63, 3.8) is 0 Å². The molecule has 0 heterocycles. The van der Waals surface area contributed by atoms with E-state index in [0.29, 0.717) is 41.4 Å². The maximum atomic E-state index is 12.7. The largest absolute Gasteiger partial charge is 0.494 e. The molecule has 0 atom stereocenters. The van der Waals surface area contributed by atoms with Crippen LogP contribution in [0.1, 0.15) is 41.0 Å². The molecule has 0 fully saturated rings. The lowest BCUT2D eigenvalue weighted by molar-refractivity contribution is 0.0953. The first-order valence-corrected chi connectivity index (χ1v) is 12.4. The second kappa shape index (κ2) is 11.3. The molecule has 0 aliphatic carbocycles. The predicted molar refractivity (Wildman–Crippen MR) is 132 cm³/mol. The molecule has 3 aromatic carbocycles. The quantitative estimate of drug-likeness (QED) is 0.400. The molecule has 0 saturated heterocycles. The molecule has 0 aliphatic rings. The normalized spacial score (nSPS) is 10.9. The second-order valence-corrected chi connectivity index (χ2v) is 9.06. The van der Waals surface area contributed by atoms with E-state index < -0.39 is 15.9 Å². The number of amides is 2.